The van der Waals surface area contributed by atoms with Crippen LogP contribution in [0.2, 0.25) is 0 Å². The van der Waals surface area contributed by atoms with E-state index in [9.17, 15) is 9.59 Å². The second-order valence-electron chi connectivity index (χ2n) is 4.61. The van der Waals surface area contributed by atoms with E-state index >= 15 is 0 Å². The first-order chi connectivity index (χ1) is 8.74. The second-order valence-corrected chi connectivity index (χ2v) is 4.61. The largest absolute Gasteiger partial charge is 0.417 e. The van der Waals surface area contributed by atoms with Gasteiger partial charge in [-0.05, 0) is 44.1 Å². The molecule has 0 saturated carbocycles. The third-order valence-corrected chi connectivity index (χ3v) is 3.41. The molecule has 0 amide bonds. The maximum Gasteiger partial charge on any atom is 0.417 e. The van der Waals surface area contributed by atoms with Gasteiger partial charge in [0.05, 0.1) is 5.52 Å². The first-order valence-corrected chi connectivity index (χ1v) is 6.12. The summed E-state index contributed by atoms with van der Waals surface area (Å²) < 4.78 is 4.92. The Morgan fingerprint density at radius 1 is 1.28 bits per heavy atom. The predicted molar refractivity (Wildman–Crippen MR) is 66.8 cm³/mol. The van der Waals surface area contributed by atoms with E-state index in [1.807, 2.05) is 0 Å². The summed E-state index contributed by atoms with van der Waals surface area (Å²) in [5.74, 6) is -0.251. The van der Waals surface area contributed by atoms with E-state index in [1.54, 1.807) is 18.2 Å². The average molecular weight is 246 g/mol. The molecule has 0 unspecified atom stereocenters. The molecular formula is C13H14N2O3. The number of hydrogen-bond donors (Lipinski definition) is 2. The topological polar surface area (TPSA) is 75.1 Å². The number of Topliss-reactive ketones (excluding diaryl/α,β-unsaturated/α-hetero) is 1. The molecule has 18 heavy (non-hydrogen) atoms. The van der Waals surface area contributed by atoms with Gasteiger partial charge in [-0.2, -0.15) is 0 Å². The molecule has 2 aromatic rings. The lowest BCUT2D eigenvalue weighted by Gasteiger charge is -2.21. The van der Waals surface area contributed by atoms with Crippen LogP contribution >= 0.6 is 0 Å². The Morgan fingerprint density at radius 2 is 2.06 bits per heavy atom. The molecular weight excluding hydrogens is 232 g/mol. The highest BCUT2D eigenvalue weighted by Crippen LogP contribution is 2.20. The van der Waals surface area contributed by atoms with Gasteiger partial charge in [-0.1, -0.05) is 0 Å². The molecule has 1 aliphatic heterocycles. The highest BCUT2D eigenvalue weighted by molar-refractivity contribution is 6.00. The number of aromatic nitrogens is 1. The number of ketones is 1. The van der Waals surface area contributed by atoms with Crippen molar-refractivity contribution in [2.24, 2.45) is 5.92 Å². The number of carbonyl (C=O) groups is 1. The SMILES string of the molecule is O=C(c1ccc2oc(=O)[nH]c2c1)C1CCNCC1. The molecule has 3 rings (SSSR count). The van der Waals surface area contributed by atoms with Crippen molar-refractivity contribution in [2.45, 2.75) is 12.8 Å². The summed E-state index contributed by atoms with van der Waals surface area (Å²) in [6, 6.07) is 5.09. The predicted octanol–water partition coefficient (Wildman–Crippen LogP) is 1.30. The zero-order valence-electron chi connectivity index (χ0n) is 9.86. The monoisotopic (exact) mass is 246 g/mol. The summed E-state index contributed by atoms with van der Waals surface area (Å²) in [4.78, 5) is 25.9. The fraction of sp³-hybridized carbons (Fsp3) is 0.385. The maximum absolute atomic E-state index is 12.3. The molecule has 0 aliphatic carbocycles. The third-order valence-electron chi connectivity index (χ3n) is 3.41. The lowest BCUT2D eigenvalue weighted by molar-refractivity contribution is 0.0895. The molecule has 1 aromatic heterocycles. The Balaban J connectivity index is 1.92. The Kier molecular flexibility index (Phi) is 2.76. The van der Waals surface area contributed by atoms with Crippen molar-refractivity contribution < 1.29 is 9.21 Å². The maximum atomic E-state index is 12.3. The van der Waals surface area contributed by atoms with Gasteiger partial charge in [0.25, 0.3) is 0 Å². The summed E-state index contributed by atoms with van der Waals surface area (Å²) in [6.45, 7) is 1.78. The van der Waals surface area contributed by atoms with Gasteiger partial charge in [0, 0.05) is 11.5 Å². The number of H-pyrrole nitrogens is 1. The molecule has 94 valence electrons. The molecule has 1 aromatic carbocycles. The van der Waals surface area contributed by atoms with Crippen LogP contribution in [0, 0.1) is 5.92 Å². The van der Waals surface area contributed by atoms with Crippen LogP contribution in [0.25, 0.3) is 11.1 Å². The number of hydrogen-bond acceptors (Lipinski definition) is 4. The summed E-state index contributed by atoms with van der Waals surface area (Å²) >= 11 is 0. The van der Waals surface area contributed by atoms with Crippen molar-refractivity contribution in [3.8, 4) is 0 Å². The molecule has 5 heteroatoms. The lowest BCUT2D eigenvalue weighted by atomic mass is 9.89. The Labute approximate surface area is 103 Å². The minimum absolute atomic E-state index is 0.0855. The summed E-state index contributed by atoms with van der Waals surface area (Å²) in [5.41, 5.74) is 1.72. The Hall–Kier alpha value is -1.88. The number of aromatic amines is 1. The fourth-order valence-electron chi connectivity index (χ4n) is 2.43. The molecule has 2 N–H and O–H groups in total. The lowest BCUT2D eigenvalue weighted by Crippen LogP contribution is -2.31. The van der Waals surface area contributed by atoms with Crippen LogP contribution in [-0.4, -0.2) is 23.9 Å². The number of benzene rings is 1. The quantitative estimate of drug-likeness (QED) is 0.783. The third kappa shape index (κ3) is 1.97. The highest BCUT2D eigenvalue weighted by Gasteiger charge is 2.22. The van der Waals surface area contributed by atoms with Crippen molar-refractivity contribution in [3.05, 3.63) is 34.3 Å². The van der Waals surface area contributed by atoms with E-state index in [2.05, 4.69) is 10.3 Å². The fourth-order valence-corrected chi connectivity index (χ4v) is 2.43. The summed E-state index contributed by atoms with van der Waals surface area (Å²) in [6.07, 6.45) is 1.75. The van der Waals surface area contributed by atoms with Gasteiger partial charge in [0.1, 0.15) is 0 Å². The van der Waals surface area contributed by atoms with Crippen molar-refractivity contribution >= 4 is 16.9 Å². The minimum Gasteiger partial charge on any atom is -0.408 e. The molecule has 0 radical (unpaired) electrons. The van der Waals surface area contributed by atoms with E-state index in [-0.39, 0.29) is 11.7 Å². The first-order valence-electron chi connectivity index (χ1n) is 6.12. The van der Waals surface area contributed by atoms with Gasteiger partial charge >= 0.3 is 5.76 Å². The molecule has 1 aliphatic rings. The molecule has 1 fully saturated rings. The van der Waals surface area contributed by atoms with Gasteiger partial charge in [0.15, 0.2) is 11.4 Å². The Morgan fingerprint density at radius 3 is 2.83 bits per heavy atom. The van der Waals surface area contributed by atoms with Gasteiger partial charge in [0.2, 0.25) is 0 Å². The van der Waals surface area contributed by atoms with E-state index in [1.165, 1.54) is 0 Å². The molecule has 0 atom stereocenters. The standard InChI is InChI=1S/C13H14N2O3/c16-12(8-3-5-14-6-4-8)9-1-2-11-10(7-9)15-13(17)18-11/h1-2,7-8,14H,3-6H2,(H,15,17). The van der Waals surface area contributed by atoms with Crippen molar-refractivity contribution in [1.82, 2.24) is 10.3 Å². The summed E-state index contributed by atoms with van der Waals surface area (Å²) in [5, 5.41) is 3.24. The first kappa shape index (κ1) is 11.2. The van der Waals surface area contributed by atoms with Gasteiger partial charge in [-0.15, -0.1) is 0 Å². The van der Waals surface area contributed by atoms with Crippen molar-refractivity contribution in [2.75, 3.05) is 13.1 Å². The normalized spacial score (nSPS) is 17.1. The minimum atomic E-state index is -0.489. The number of carbonyl (C=O) groups excluding carboxylic acids is 1. The van der Waals surface area contributed by atoms with Crippen LogP contribution in [0.4, 0.5) is 0 Å². The highest BCUT2D eigenvalue weighted by atomic mass is 16.4. The van der Waals surface area contributed by atoms with E-state index in [4.69, 9.17) is 4.42 Å². The van der Waals surface area contributed by atoms with E-state index in [0.29, 0.717) is 16.7 Å². The average Bonchev–Trinajstić information content (AvgIpc) is 2.78. The van der Waals surface area contributed by atoms with Crippen molar-refractivity contribution in [3.63, 3.8) is 0 Å². The van der Waals surface area contributed by atoms with Gasteiger partial charge in [-0.25, -0.2) is 4.79 Å². The van der Waals surface area contributed by atoms with E-state index < -0.39 is 5.76 Å². The van der Waals surface area contributed by atoms with Crippen LogP contribution in [0.3, 0.4) is 0 Å². The molecule has 1 saturated heterocycles. The van der Waals surface area contributed by atoms with Gasteiger partial charge in [-0.3, -0.25) is 9.78 Å². The smallest absolute Gasteiger partial charge is 0.408 e. The number of piperidine rings is 1. The van der Waals surface area contributed by atoms with E-state index in [0.717, 1.165) is 25.9 Å². The summed E-state index contributed by atoms with van der Waals surface area (Å²) in [7, 11) is 0. The second kappa shape index (κ2) is 4.42. The van der Waals surface area contributed by atoms with Crippen LogP contribution in [0.1, 0.15) is 23.2 Å². The van der Waals surface area contributed by atoms with Crippen LogP contribution in [0.5, 0.6) is 0 Å². The van der Waals surface area contributed by atoms with Gasteiger partial charge < -0.3 is 9.73 Å². The number of fused-ring (bicyclic) bond motifs is 1. The zero-order valence-corrected chi connectivity index (χ0v) is 9.86. The molecule has 2 heterocycles. The number of oxazole rings is 1. The number of rotatable bonds is 2. The van der Waals surface area contributed by atoms with Crippen LogP contribution in [0.15, 0.2) is 27.4 Å². The van der Waals surface area contributed by atoms with Crippen LogP contribution in [-0.2, 0) is 0 Å². The Bertz CT molecular complexity index is 635. The molecule has 0 spiro atoms. The van der Waals surface area contributed by atoms with Crippen LogP contribution < -0.4 is 11.1 Å². The molecule has 0 bridgehead atoms. The zero-order chi connectivity index (χ0) is 12.5. The number of nitrogens with one attached hydrogen (secondary N) is 2. The molecule has 5 nitrogen and oxygen atoms in total. The van der Waals surface area contributed by atoms with Crippen molar-refractivity contribution in [1.29, 1.82) is 0 Å².